The van der Waals surface area contributed by atoms with Gasteiger partial charge < -0.3 is 19.7 Å². The summed E-state index contributed by atoms with van der Waals surface area (Å²) in [7, 11) is 0. The first kappa shape index (κ1) is 14.2. The van der Waals surface area contributed by atoms with E-state index in [9.17, 15) is 10.1 Å². The summed E-state index contributed by atoms with van der Waals surface area (Å²) >= 11 is 12.2. The topological polar surface area (TPSA) is 76.9 Å². The Morgan fingerprint density at radius 1 is 1.32 bits per heavy atom. The van der Waals surface area contributed by atoms with E-state index in [1.807, 2.05) is 0 Å². The van der Waals surface area contributed by atoms with Gasteiger partial charge in [-0.1, -0.05) is 23.2 Å². The van der Waals surface area contributed by atoms with Crippen molar-refractivity contribution in [1.29, 1.82) is 0 Å². The zero-order chi connectivity index (χ0) is 13.8. The van der Waals surface area contributed by atoms with Crippen LogP contribution in [0, 0.1) is 10.1 Å². The first-order valence-corrected chi connectivity index (χ1v) is 6.50. The number of morpholine rings is 1. The van der Waals surface area contributed by atoms with Gasteiger partial charge in [-0.15, -0.1) is 0 Å². The minimum atomic E-state index is -0.598. The van der Waals surface area contributed by atoms with Crippen LogP contribution in [0.2, 0.25) is 0 Å². The average Bonchev–Trinajstić information content (AvgIpc) is 2.92. The number of hydrogen-bond donors (Lipinski definition) is 1. The largest absolute Gasteiger partial charge is 0.472 e. The molecular formula is C10H13Cl2N3O4. The van der Waals surface area contributed by atoms with Gasteiger partial charge in [0.15, 0.2) is 5.03 Å². The van der Waals surface area contributed by atoms with E-state index in [0.717, 1.165) is 0 Å². The zero-order valence-electron chi connectivity index (χ0n) is 10.0. The monoisotopic (exact) mass is 309 g/mol. The molecule has 0 amide bonds. The number of nitro groups is 1. The van der Waals surface area contributed by atoms with Crippen LogP contribution in [0.25, 0.3) is 0 Å². The molecule has 1 N–H and O–H groups in total. The second-order valence-electron chi connectivity index (χ2n) is 3.91. The molecule has 0 aromatic carbocycles. The number of hydrogen-bond acceptors (Lipinski definition) is 6. The Kier molecular flexibility index (Phi) is 4.73. The third-order valence-electron chi connectivity index (χ3n) is 2.71. The summed E-state index contributed by atoms with van der Waals surface area (Å²) in [6.45, 7) is 2.99. The summed E-state index contributed by atoms with van der Waals surface area (Å²) in [5.41, 5.74) is -0.337. The van der Waals surface area contributed by atoms with Gasteiger partial charge >= 0.3 is 5.70 Å². The molecule has 106 valence electrons. The molecule has 0 unspecified atom stereocenters. The lowest BCUT2D eigenvalue weighted by molar-refractivity contribution is -0.423. The van der Waals surface area contributed by atoms with Crippen LogP contribution in [0.15, 0.2) is 21.8 Å². The summed E-state index contributed by atoms with van der Waals surface area (Å²) in [5, 5.41) is 13.9. The summed E-state index contributed by atoms with van der Waals surface area (Å²) in [6.07, 6.45) is 0. The second-order valence-corrected chi connectivity index (χ2v) is 4.65. The standard InChI is InChI=1S/C10H13Cl2N3O4/c11-7(9(12)14-2-5-18-6-3-14)8(15(16)17)10-13-1-4-19-10/h13H,1-6H2/b9-7+,10-8-. The fourth-order valence-electron chi connectivity index (χ4n) is 1.78. The highest BCUT2D eigenvalue weighted by Gasteiger charge is 2.31. The van der Waals surface area contributed by atoms with Crippen molar-refractivity contribution in [2.45, 2.75) is 0 Å². The molecule has 0 aromatic rings. The molecule has 2 aliphatic rings. The molecule has 2 heterocycles. The number of nitrogens with one attached hydrogen (secondary N) is 1. The van der Waals surface area contributed by atoms with Crippen molar-refractivity contribution in [3.63, 3.8) is 0 Å². The zero-order valence-corrected chi connectivity index (χ0v) is 11.5. The van der Waals surface area contributed by atoms with Crippen LogP contribution in [0.4, 0.5) is 0 Å². The molecule has 2 aliphatic heterocycles. The number of rotatable bonds is 3. The van der Waals surface area contributed by atoms with Gasteiger partial charge in [0.05, 0.1) is 24.7 Å². The van der Waals surface area contributed by atoms with Gasteiger partial charge in [0, 0.05) is 13.1 Å². The smallest absolute Gasteiger partial charge is 0.349 e. The van der Waals surface area contributed by atoms with Gasteiger partial charge in [-0.2, -0.15) is 0 Å². The summed E-state index contributed by atoms with van der Waals surface area (Å²) < 4.78 is 10.3. The van der Waals surface area contributed by atoms with E-state index >= 15 is 0 Å². The van der Waals surface area contributed by atoms with E-state index < -0.39 is 4.92 Å². The molecule has 9 heteroatoms. The van der Waals surface area contributed by atoms with E-state index in [4.69, 9.17) is 32.7 Å². The van der Waals surface area contributed by atoms with Crippen LogP contribution in [0.5, 0.6) is 0 Å². The van der Waals surface area contributed by atoms with Gasteiger partial charge in [0.25, 0.3) is 5.88 Å². The molecule has 2 saturated heterocycles. The fourth-order valence-corrected chi connectivity index (χ4v) is 2.31. The lowest BCUT2D eigenvalue weighted by atomic mass is 10.4. The molecule has 2 rings (SSSR count). The Bertz CT molecular complexity index is 424. The van der Waals surface area contributed by atoms with Crippen LogP contribution in [-0.4, -0.2) is 49.3 Å². The molecule has 0 radical (unpaired) electrons. The van der Waals surface area contributed by atoms with E-state index in [-0.39, 0.29) is 21.8 Å². The summed E-state index contributed by atoms with van der Waals surface area (Å²) in [5.74, 6) is 0.0569. The quantitative estimate of drug-likeness (QED) is 0.477. The molecule has 0 aromatic heterocycles. The van der Waals surface area contributed by atoms with Gasteiger partial charge in [0.2, 0.25) is 0 Å². The second kappa shape index (κ2) is 6.31. The highest BCUT2D eigenvalue weighted by molar-refractivity contribution is 6.40. The molecule has 0 aliphatic carbocycles. The van der Waals surface area contributed by atoms with E-state index in [2.05, 4.69) is 5.32 Å². The first-order chi connectivity index (χ1) is 9.11. The van der Waals surface area contributed by atoms with Gasteiger partial charge in [0.1, 0.15) is 11.8 Å². The molecule has 0 atom stereocenters. The molecule has 0 saturated carbocycles. The van der Waals surface area contributed by atoms with Crippen molar-refractivity contribution >= 4 is 23.2 Å². The Labute approximate surface area is 119 Å². The highest BCUT2D eigenvalue weighted by atomic mass is 35.5. The maximum atomic E-state index is 11.1. The van der Waals surface area contributed by atoms with Crippen LogP contribution in [0.3, 0.4) is 0 Å². The van der Waals surface area contributed by atoms with Gasteiger partial charge in [-0.25, -0.2) is 0 Å². The molecule has 0 spiro atoms. The lowest BCUT2D eigenvalue weighted by Crippen LogP contribution is -2.35. The van der Waals surface area contributed by atoms with Gasteiger partial charge in [-0.3, -0.25) is 10.1 Å². The predicted octanol–water partition coefficient (Wildman–Crippen LogP) is 1.03. The Morgan fingerprint density at radius 2 is 2.00 bits per heavy atom. The lowest BCUT2D eigenvalue weighted by Gasteiger charge is -2.28. The number of allylic oxidation sites excluding steroid dienone is 1. The normalized spacial score (nSPS) is 23.4. The van der Waals surface area contributed by atoms with Crippen molar-refractivity contribution in [3.05, 3.63) is 31.9 Å². The predicted molar refractivity (Wildman–Crippen MR) is 69.1 cm³/mol. The minimum absolute atomic E-state index is 0.0569. The Balaban J connectivity index is 2.29. The fraction of sp³-hybridized carbons (Fsp3) is 0.600. The van der Waals surface area contributed by atoms with Crippen LogP contribution >= 0.6 is 23.2 Å². The molecule has 0 bridgehead atoms. The van der Waals surface area contributed by atoms with Crippen molar-refractivity contribution < 1.29 is 14.4 Å². The molecular weight excluding hydrogens is 297 g/mol. The SMILES string of the molecule is O=[N+]([O-])C(=C1/NCCO1)/C(Cl)=C(/Cl)N1CCOCC1. The highest BCUT2D eigenvalue weighted by Crippen LogP contribution is 2.28. The maximum Gasteiger partial charge on any atom is 0.349 e. The summed E-state index contributed by atoms with van der Waals surface area (Å²) in [4.78, 5) is 12.3. The minimum Gasteiger partial charge on any atom is -0.472 e. The van der Waals surface area contributed by atoms with Gasteiger partial charge in [-0.05, 0) is 0 Å². The van der Waals surface area contributed by atoms with Crippen LogP contribution < -0.4 is 5.32 Å². The van der Waals surface area contributed by atoms with E-state index in [1.165, 1.54) is 0 Å². The Morgan fingerprint density at radius 3 is 2.53 bits per heavy atom. The van der Waals surface area contributed by atoms with Crippen molar-refractivity contribution in [2.24, 2.45) is 0 Å². The number of halogens is 2. The average molecular weight is 310 g/mol. The number of ether oxygens (including phenoxy) is 2. The molecule has 19 heavy (non-hydrogen) atoms. The van der Waals surface area contributed by atoms with Crippen LogP contribution in [-0.2, 0) is 9.47 Å². The van der Waals surface area contributed by atoms with Crippen molar-refractivity contribution in [3.8, 4) is 0 Å². The van der Waals surface area contributed by atoms with E-state index in [0.29, 0.717) is 39.5 Å². The molecule has 2 fully saturated rings. The van der Waals surface area contributed by atoms with E-state index in [1.54, 1.807) is 4.90 Å². The maximum absolute atomic E-state index is 11.1. The summed E-state index contributed by atoms with van der Waals surface area (Å²) in [6, 6.07) is 0. The first-order valence-electron chi connectivity index (χ1n) is 5.75. The molecule has 7 nitrogen and oxygen atoms in total. The van der Waals surface area contributed by atoms with Crippen LogP contribution in [0.1, 0.15) is 0 Å². The van der Waals surface area contributed by atoms with Crippen molar-refractivity contribution in [1.82, 2.24) is 10.2 Å². The third kappa shape index (κ3) is 3.23. The Hall–Kier alpha value is -1.18. The van der Waals surface area contributed by atoms with Crippen molar-refractivity contribution in [2.75, 3.05) is 39.5 Å². The third-order valence-corrected chi connectivity index (χ3v) is 3.59. The number of nitrogens with zero attached hydrogens (tertiary/aromatic N) is 2.